The molecule has 21 heavy (non-hydrogen) atoms. The molecule has 0 aliphatic heterocycles. The van der Waals surface area contributed by atoms with Gasteiger partial charge in [0.2, 0.25) is 0 Å². The van der Waals surface area contributed by atoms with E-state index in [1.54, 1.807) is 0 Å². The van der Waals surface area contributed by atoms with Crippen molar-refractivity contribution in [3.63, 3.8) is 0 Å². The van der Waals surface area contributed by atoms with Gasteiger partial charge >= 0.3 is 0 Å². The summed E-state index contributed by atoms with van der Waals surface area (Å²) in [6.45, 7) is 0. The van der Waals surface area contributed by atoms with E-state index in [2.05, 4.69) is 0 Å². The van der Waals surface area contributed by atoms with Crippen LogP contribution in [0.5, 0.6) is 17.2 Å². The number of hydrogen-bond donors (Lipinski definition) is 0. The van der Waals surface area contributed by atoms with Crippen molar-refractivity contribution in [1.29, 1.82) is 0 Å². The fourth-order valence-electron chi connectivity index (χ4n) is 1.65. The van der Waals surface area contributed by atoms with Crippen molar-refractivity contribution in [2.75, 3.05) is 7.11 Å². The average Bonchev–Trinajstić information content (AvgIpc) is 2.49. The lowest BCUT2D eigenvalue weighted by molar-refractivity contribution is -0.384. The number of carbonyl (C=O) groups is 1. The number of aldehydes is 1. The zero-order valence-electron chi connectivity index (χ0n) is 10.9. The summed E-state index contributed by atoms with van der Waals surface area (Å²) in [6.07, 6.45) is 0.501. The molecule has 2 rings (SSSR count). The molecule has 0 aliphatic carbocycles. The zero-order chi connectivity index (χ0) is 15.4. The second-order valence-corrected chi connectivity index (χ2v) is 4.00. The Morgan fingerprint density at radius 2 is 1.86 bits per heavy atom. The van der Waals surface area contributed by atoms with Crippen LogP contribution in [0, 0.1) is 15.9 Å². The number of rotatable bonds is 5. The number of halogens is 1. The Morgan fingerprint density at radius 3 is 2.43 bits per heavy atom. The normalized spacial score (nSPS) is 10.0. The highest BCUT2D eigenvalue weighted by molar-refractivity contribution is 5.75. The summed E-state index contributed by atoms with van der Waals surface area (Å²) < 4.78 is 24.1. The summed E-state index contributed by atoms with van der Waals surface area (Å²) in [4.78, 5) is 20.7. The lowest BCUT2D eigenvalue weighted by atomic mass is 10.2. The van der Waals surface area contributed by atoms with Crippen LogP contribution in [0.4, 0.5) is 10.1 Å². The van der Waals surface area contributed by atoms with Crippen molar-refractivity contribution in [3.05, 3.63) is 57.9 Å². The molecule has 0 aromatic heterocycles. The summed E-state index contributed by atoms with van der Waals surface area (Å²) in [5.41, 5.74) is -0.0541. The van der Waals surface area contributed by atoms with Crippen LogP contribution in [-0.4, -0.2) is 18.3 Å². The van der Waals surface area contributed by atoms with Crippen LogP contribution in [0.2, 0.25) is 0 Å². The van der Waals surface area contributed by atoms with Crippen LogP contribution < -0.4 is 9.47 Å². The van der Waals surface area contributed by atoms with E-state index in [4.69, 9.17) is 9.47 Å². The van der Waals surface area contributed by atoms with E-state index in [-0.39, 0.29) is 28.5 Å². The molecule has 0 heterocycles. The minimum Gasteiger partial charge on any atom is -0.493 e. The quantitative estimate of drug-likeness (QED) is 0.479. The summed E-state index contributed by atoms with van der Waals surface area (Å²) in [5.74, 6) is -0.698. The van der Waals surface area contributed by atoms with Gasteiger partial charge in [-0.3, -0.25) is 14.9 Å². The highest BCUT2D eigenvalue weighted by Gasteiger charge is 2.15. The van der Waals surface area contributed by atoms with Gasteiger partial charge in [-0.05, 0) is 24.3 Å². The third kappa shape index (κ3) is 3.14. The smallest absolute Gasteiger partial charge is 0.273 e. The number of nitrogens with zero attached hydrogens (tertiary/aromatic N) is 1. The molecule has 2 aromatic rings. The topological polar surface area (TPSA) is 78.7 Å². The van der Waals surface area contributed by atoms with Crippen molar-refractivity contribution in [2.45, 2.75) is 0 Å². The Labute approximate surface area is 118 Å². The first-order valence-corrected chi connectivity index (χ1v) is 5.80. The molecule has 0 N–H and O–H groups in total. The molecular weight excluding hydrogens is 281 g/mol. The van der Waals surface area contributed by atoms with Gasteiger partial charge in [-0.1, -0.05) is 0 Å². The van der Waals surface area contributed by atoms with E-state index in [0.717, 1.165) is 12.1 Å². The monoisotopic (exact) mass is 291 g/mol. The predicted octanol–water partition coefficient (Wildman–Crippen LogP) is 3.35. The standard InChI is InChI=1S/C14H10FNO5/c1-20-13-5-3-10(16(18)19)7-14(13)21-12-4-2-9(8-17)6-11(12)15/h2-8H,1H3. The van der Waals surface area contributed by atoms with Crippen LogP contribution in [0.1, 0.15) is 10.4 Å². The molecule has 0 aliphatic rings. The van der Waals surface area contributed by atoms with Crippen LogP contribution >= 0.6 is 0 Å². The van der Waals surface area contributed by atoms with Crippen molar-refractivity contribution in [1.82, 2.24) is 0 Å². The van der Waals surface area contributed by atoms with E-state index in [1.165, 1.54) is 31.4 Å². The fraction of sp³-hybridized carbons (Fsp3) is 0.0714. The van der Waals surface area contributed by atoms with Gasteiger partial charge in [0.25, 0.3) is 5.69 Å². The van der Waals surface area contributed by atoms with Crippen LogP contribution in [-0.2, 0) is 0 Å². The van der Waals surface area contributed by atoms with Gasteiger partial charge in [0, 0.05) is 11.6 Å². The number of nitro benzene ring substituents is 1. The lowest BCUT2D eigenvalue weighted by Gasteiger charge is -2.10. The second kappa shape index (κ2) is 6.00. The number of nitro groups is 1. The predicted molar refractivity (Wildman–Crippen MR) is 71.5 cm³/mol. The van der Waals surface area contributed by atoms with E-state index >= 15 is 0 Å². The van der Waals surface area contributed by atoms with Gasteiger partial charge < -0.3 is 9.47 Å². The van der Waals surface area contributed by atoms with Gasteiger partial charge in [-0.15, -0.1) is 0 Å². The second-order valence-electron chi connectivity index (χ2n) is 4.00. The van der Waals surface area contributed by atoms with Gasteiger partial charge in [-0.25, -0.2) is 4.39 Å². The summed E-state index contributed by atoms with van der Waals surface area (Å²) >= 11 is 0. The van der Waals surface area contributed by atoms with Crippen molar-refractivity contribution >= 4 is 12.0 Å². The minimum atomic E-state index is -0.756. The SMILES string of the molecule is COc1ccc([N+](=O)[O-])cc1Oc1ccc(C=O)cc1F. The molecule has 0 saturated carbocycles. The number of non-ortho nitro benzene ring substituents is 1. The maximum Gasteiger partial charge on any atom is 0.273 e. The largest absolute Gasteiger partial charge is 0.493 e. The molecule has 0 radical (unpaired) electrons. The minimum absolute atomic E-state index is 0.00412. The van der Waals surface area contributed by atoms with Gasteiger partial charge in [-0.2, -0.15) is 0 Å². The Bertz CT molecular complexity index is 702. The molecule has 0 unspecified atom stereocenters. The number of ether oxygens (including phenoxy) is 2. The van der Waals surface area contributed by atoms with Crippen molar-refractivity contribution in [2.24, 2.45) is 0 Å². The van der Waals surface area contributed by atoms with E-state index in [0.29, 0.717) is 6.29 Å². The highest BCUT2D eigenvalue weighted by atomic mass is 19.1. The molecule has 0 fully saturated rings. The number of benzene rings is 2. The molecule has 0 saturated heterocycles. The Morgan fingerprint density at radius 1 is 1.14 bits per heavy atom. The third-order valence-electron chi connectivity index (χ3n) is 2.67. The molecule has 6 nitrogen and oxygen atoms in total. The highest BCUT2D eigenvalue weighted by Crippen LogP contribution is 2.35. The first-order valence-electron chi connectivity index (χ1n) is 5.80. The zero-order valence-corrected chi connectivity index (χ0v) is 10.9. The maximum atomic E-state index is 13.8. The molecule has 0 bridgehead atoms. The third-order valence-corrected chi connectivity index (χ3v) is 2.67. The summed E-state index contributed by atoms with van der Waals surface area (Å²) in [7, 11) is 1.36. The summed E-state index contributed by atoms with van der Waals surface area (Å²) in [5, 5.41) is 10.8. The average molecular weight is 291 g/mol. The van der Waals surface area contributed by atoms with E-state index in [9.17, 15) is 19.3 Å². The molecule has 0 spiro atoms. The molecule has 0 atom stereocenters. The molecule has 0 amide bonds. The Balaban J connectivity index is 2.40. The lowest BCUT2D eigenvalue weighted by Crippen LogP contribution is -1.95. The van der Waals surface area contributed by atoms with E-state index in [1.807, 2.05) is 0 Å². The Kier molecular flexibility index (Phi) is 4.13. The molecule has 7 heteroatoms. The number of carbonyl (C=O) groups excluding carboxylic acids is 1. The van der Waals surface area contributed by atoms with Gasteiger partial charge in [0.1, 0.15) is 6.29 Å². The molecule has 2 aromatic carbocycles. The Hall–Kier alpha value is -2.96. The first kappa shape index (κ1) is 14.4. The van der Waals surface area contributed by atoms with Crippen LogP contribution in [0.3, 0.4) is 0 Å². The van der Waals surface area contributed by atoms with Crippen molar-refractivity contribution < 1.29 is 23.6 Å². The van der Waals surface area contributed by atoms with Crippen molar-refractivity contribution in [3.8, 4) is 17.2 Å². The molecule has 108 valence electrons. The number of hydrogen-bond acceptors (Lipinski definition) is 5. The van der Waals surface area contributed by atoms with E-state index < -0.39 is 10.7 Å². The van der Waals surface area contributed by atoms with Gasteiger partial charge in [0.05, 0.1) is 18.1 Å². The van der Waals surface area contributed by atoms with Crippen LogP contribution in [0.25, 0.3) is 0 Å². The summed E-state index contributed by atoms with van der Waals surface area (Å²) in [6, 6.07) is 7.37. The maximum absolute atomic E-state index is 13.8. The first-order chi connectivity index (χ1) is 10.0. The fourth-order valence-corrected chi connectivity index (χ4v) is 1.65. The van der Waals surface area contributed by atoms with Crippen LogP contribution in [0.15, 0.2) is 36.4 Å². The molecular formula is C14H10FNO5. The number of methoxy groups -OCH3 is 1. The van der Waals surface area contributed by atoms with Gasteiger partial charge in [0.15, 0.2) is 23.1 Å².